The largest absolute Gasteiger partial charge is 0.310 e. The molecule has 11 aromatic carbocycles. The van der Waals surface area contributed by atoms with Crippen molar-refractivity contribution in [3.63, 3.8) is 0 Å². The molecule has 77 heavy (non-hydrogen) atoms. The van der Waals surface area contributed by atoms with Crippen LogP contribution in [0, 0.1) is 11.3 Å². The van der Waals surface area contributed by atoms with E-state index in [1.165, 1.54) is 0 Å². The normalized spacial score (nSPS) is 11.1. The van der Waals surface area contributed by atoms with Gasteiger partial charge in [-0.3, -0.25) is 0 Å². The van der Waals surface area contributed by atoms with Gasteiger partial charge in [-0.1, -0.05) is 182 Å². The smallest absolute Gasteiger partial charge is 0.160 e. The molecule has 0 amide bonds. The molecule has 0 saturated carbocycles. The molecule has 0 saturated heterocycles. The molecule has 0 radical (unpaired) electrons. The van der Waals surface area contributed by atoms with Gasteiger partial charge >= 0.3 is 0 Å². The van der Waals surface area contributed by atoms with Crippen LogP contribution >= 0.6 is 0 Å². The standard InChI is InChI=1S/C71H48N6/c72-49-56-45-55(68-48-67(53-19-7-1-8-20-53)73-71(74-68)54-21-9-2-10-22-54)37-42-64(56)52-33-31-50(32-34-52)51-35-38-61(39-36-51)77-69-43-40-62(75(57-23-11-3-12-24-57)58-25-13-4-14-26-58)46-65(69)66-47-63(41-44-70(66)77)76(59-27-15-5-16-28-59)60-29-17-6-18-30-60/h1-48H. The summed E-state index contributed by atoms with van der Waals surface area (Å²) < 4.78 is 2.38. The number of nitrogens with zero attached hydrogens (tertiary/aromatic N) is 6. The Hall–Kier alpha value is -10.6. The van der Waals surface area contributed by atoms with Crippen molar-refractivity contribution in [3.8, 4) is 67.9 Å². The molecule has 13 rings (SSSR count). The number of hydrogen-bond acceptors (Lipinski definition) is 5. The first-order valence-electron chi connectivity index (χ1n) is 25.8. The SMILES string of the molecule is N#Cc1cc(-c2cc(-c3ccccc3)nc(-c3ccccc3)n2)ccc1-c1ccc(-c2ccc(-n3c4ccc(N(c5ccccc5)c5ccccc5)cc4c4cc(N(c5ccccc5)c5ccccc5)ccc43)cc2)cc1. The Kier molecular flexibility index (Phi) is 12.2. The fourth-order valence-electron chi connectivity index (χ4n) is 10.5. The summed E-state index contributed by atoms with van der Waals surface area (Å²) in [7, 11) is 0. The van der Waals surface area contributed by atoms with Crippen LogP contribution < -0.4 is 9.80 Å². The molecule has 0 aliphatic carbocycles. The highest BCUT2D eigenvalue weighted by molar-refractivity contribution is 6.12. The second kappa shape index (κ2) is 20.4. The fraction of sp³-hybridized carbons (Fsp3) is 0. The van der Waals surface area contributed by atoms with Gasteiger partial charge in [0.2, 0.25) is 0 Å². The van der Waals surface area contributed by atoms with Crippen molar-refractivity contribution in [2.75, 3.05) is 9.80 Å². The molecular weight excluding hydrogens is 937 g/mol. The molecule has 0 N–H and O–H groups in total. The lowest BCUT2D eigenvalue weighted by Gasteiger charge is -2.26. The van der Waals surface area contributed by atoms with Gasteiger partial charge in [0.05, 0.1) is 34.1 Å². The van der Waals surface area contributed by atoms with E-state index >= 15 is 0 Å². The highest BCUT2D eigenvalue weighted by Crippen LogP contribution is 2.43. The van der Waals surface area contributed by atoms with Crippen LogP contribution in [0.3, 0.4) is 0 Å². The van der Waals surface area contributed by atoms with Gasteiger partial charge in [-0.25, -0.2) is 9.97 Å². The first kappa shape index (κ1) is 46.2. The lowest BCUT2D eigenvalue weighted by molar-refractivity contribution is 1.18. The van der Waals surface area contributed by atoms with Crippen molar-refractivity contribution in [2.24, 2.45) is 0 Å². The molecule has 0 fully saturated rings. The van der Waals surface area contributed by atoms with Crippen LogP contribution in [0.2, 0.25) is 0 Å². The van der Waals surface area contributed by atoms with E-state index in [1.807, 2.05) is 66.7 Å². The molecule has 362 valence electrons. The number of rotatable bonds is 12. The van der Waals surface area contributed by atoms with Gasteiger partial charge in [-0.15, -0.1) is 0 Å². The Bertz CT molecular complexity index is 3960. The number of para-hydroxylation sites is 4. The van der Waals surface area contributed by atoms with Crippen molar-refractivity contribution in [3.05, 3.63) is 297 Å². The van der Waals surface area contributed by atoms with Crippen LogP contribution in [0.25, 0.3) is 83.6 Å². The zero-order valence-electron chi connectivity index (χ0n) is 41.9. The Morgan fingerprint density at radius 3 is 1.16 bits per heavy atom. The van der Waals surface area contributed by atoms with Crippen molar-refractivity contribution in [1.82, 2.24) is 14.5 Å². The lowest BCUT2D eigenvalue weighted by Crippen LogP contribution is -2.09. The van der Waals surface area contributed by atoms with E-state index in [0.717, 1.165) is 112 Å². The minimum atomic E-state index is 0.576. The van der Waals surface area contributed by atoms with E-state index in [1.54, 1.807) is 0 Å². The van der Waals surface area contributed by atoms with Crippen molar-refractivity contribution in [1.29, 1.82) is 5.26 Å². The minimum Gasteiger partial charge on any atom is -0.310 e. The number of nitriles is 1. The van der Waals surface area contributed by atoms with E-state index in [2.05, 4.69) is 245 Å². The number of anilines is 6. The molecule has 0 atom stereocenters. The zero-order valence-corrected chi connectivity index (χ0v) is 41.9. The maximum Gasteiger partial charge on any atom is 0.160 e. The summed E-state index contributed by atoms with van der Waals surface area (Å²) in [5.41, 5.74) is 18.7. The summed E-state index contributed by atoms with van der Waals surface area (Å²) in [6.45, 7) is 0. The van der Waals surface area contributed by atoms with Crippen LogP contribution in [-0.4, -0.2) is 14.5 Å². The molecule has 2 aromatic heterocycles. The molecule has 6 heteroatoms. The highest BCUT2D eigenvalue weighted by Gasteiger charge is 2.21. The summed E-state index contributed by atoms with van der Waals surface area (Å²) >= 11 is 0. The number of fused-ring (bicyclic) bond motifs is 3. The van der Waals surface area contributed by atoms with Crippen LogP contribution in [0.4, 0.5) is 34.1 Å². The maximum atomic E-state index is 10.6. The van der Waals surface area contributed by atoms with E-state index in [4.69, 9.17) is 9.97 Å². The Balaban J connectivity index is 0.860. The van der Waals surface area contributed by atoms with E-state index in [0.29, 0.717) is 11.4 Å². The Morgan fingerprint density at radius 2 is 0.701 bits per heavy atom. The monoisotopic (exact) mass is 984 g/mol. The second-order valence-electron chi connectivity index (χ2n) is 18.9. The first-order valence-corrected chi connectivity index (χ1v) is 25.8. The van der Waals surface area contributed by atoms with Crippen molar-refractivity contribution < 1.29 is 0 Å². The average Bonchev–Trinajstić information content (AvgIpc) is 3.90. The fourth-order valence-corrected chi connectivity index (χ4v) is 10.5. The third-order valence-corrected chi connectivity index (χ3v) is 14.2. The Morgan fingerprint density at radius 1 is 0.312 bits per heavy atom. The number of hydrogen-bond donors (Lipinski definition) is 0. The number of aromatic nitrogens is 3. The molecular formula is C71H48N6. The predicted molar refractivity (Wildman–Crippen MR) is 318 cm³/mol. The average molecular weight is 985 g/mol. The molecule has 2 heterocycles. The lowest BCUT2D eigenvalue weighted by atomic mass is 9.95. The van der Waals surface area contributed by atoms with Crippen LogP contribution in [0.15, 0.2) is 291 Å². The van der Waals surface area contributed by atoms with Gasteiger partial charge in [-0.2, -0.15) is 5.26 Å². The summed E-state index contributed by atoms with van der Waals surface area (Å²) in [5.74, 6) is 0.635. The van der Waals surface area contributed by atoms with Crippen molar-refractivity contribution >= 4 is 55.9 Å². The Labute approximate surface area is 448 Å². The van der Waals surface area contributed by atoms with Crippen molar-refractivity contribution in [2.45, 2.75) is 0 Å². The maximum absolute atomic E-state index is 10.6. The van der Waals surface area contributed by atoms with Crippen LogP contribution in [-0.2, 0) is 0 Å². The summed E-state index contributed by atoms with van der Waals surface area (Å²) in [4.78, 5) is 14.6. The summed E-state index contributed by atoms with van der Waals surface area (Å²) in [5, 5.41) is 12.9. The summed E-state index contributed by atoms with van der Waals surface area (Å²) in [6.07, 6.45) is 0. The topological polar surface area (TPSA) is 61.0 Å². The predicted octanol–water partition coefficient (Wildman–Crippen LogP) is 18.7. The third-order valence-electron chi connectivity index (χ3n) is 14.2. The molecule has 0 aliphatic rings. The van der Waals surface area contributed by atoms with Gasteiger partial charge in [0.15, 0.2) is 5.82 Å². The highest BCUT2D eigenvalue weighted by atomic mass is 15.1. The van der Waals surface area contributed by atoms with Gasteiger partial charge < -0.3 is 14.4 Å². The van der Waals surface area contributed by atoms with Crippen LogP contribution in [0.1, 0.15) is 5.56 Å². The molecule has 13 aromatic rings. The quantitative estimate of drug-likeness (QED) is 0.122. The van der Waals surface area contributed by atoms with E-state index in [9.17, 15) is 5.26 Å². The van der Waals surface area contributed by atoms with Gasteiger partial charge in [0, 0.05) is 67.3 Å². The molecule has 0 spiro atoms. The molecule has 0 aliphatic heterocycles. The van der Waals surface area contributed by atoms with E-state index in [-0.39, 0.29) is 0 Å². The van der Waals surface area contributed by atoms with E-state index < -0.39 is 0 Å². The molecule has 6 nitrogen and oxygen atoms in total. The molecule has 0 unspecified atom stereocenters. The van der Waals surface area contributed by atoms with Crippen LogP contribution in [0.5, 0.6) is 0 Å². The third kappa shape index (κ3) is 9.05. The van der Waals surface area contributed by atoms with Gasteiger partial charge in [0.25, 0.3) is 0 Å². The zero-order chi connectivity index (χ0) is 51.5. The minimum absolute atomic E-state index is 0.576. The second-order valence-corrected chi connectivity index (χ2v) is 18.9. The first-order chi connectivity index (χ1) is 38.1. The summed E-state index contributed by atoms with van der Waals surface area (Å²) in [6, 6.07) is 104. The van der Waals surface area contributed by atoms with Gasteiger partial charge in [-0.05, 0) is 131 Å². The molecule has 0 bridgehead atoms. The number of benzene rings is 11. The van der Waals surface area contributed by atoms with Gasteiger partial charge in [0.1, 0.15) is 0 Å².